The number of benzene rings is 7. The van der Waals surface area contributed by atoms with Gasteiger partial charge in [0.1, 0.15) is 0 Å². The summed E-state index contributed by atoms with van der Waals surface area (Å²) in [4.78, 5) is 0. The Morgan fingerprint density at radius 3 is 1.78 bits per heavy atom. The fourth-order valence-electron chi connectivity index (χ4n) is 7.03. The van der Waals surface area contributed by atoms with Crippen molar-refractivity contribution in [2.75, 3.05) is 0 Å². The molecule has 0 amide bonds. The fraction of sp³-hybridized carbons (Fsp3) is 0.111. The van der Waals surface area contributed by atoms with Gasteiger partial charge in [-0.3, -0.25) is 0 Å². The molecular formula is C54H50. The van der Waals surface area contributed by atoms with Gasteiger partial charge in [-0.25, -0.2) is 0 Å². The molecule has 0 aromatic heterocycles. The normalized spacial score (nSPS) is 12.8. The molecule has 1 aliphatic rings. The first-order chi connectivity index (χ1) is 26.4. The molecule has 7 aromatic carbocycles. The summed E-state index contributed by atoms with van der Waals surface area (Å²) < 4.78 is 0. The standard InChI is InChI=1S/C33H26.C14H16.C7H8/c1-22-15-16-26(19-23(22)2)27-17-18-31-32(21-27)29-13-6-7-14-30(29)33(31)28-12-8-11-25(20-28)24-9-4-3-5-10-24;1-4-6-9-13(5-2)14-10-7-8-12(3)11-14;1-7-5-3-2-4-6-7/h3-21,33H,1-2H3;4-11H,2H2,1,3H3;2-6H,1H3/b;6-4-,13-9+;. The van der Waals surface area contributed by atoms with Crippen LogP contribution in [0.2, 0.25) is 0 Å². The van der Waals surface area contributed by atoms with Crippen molar-refractivity contribution < 1.29 is 0 Å². The van der Waals surface area contributed by atoms with E-state index in [-0.39, 0.29) is 5.92 Å². The molecule has 0 radical (unpaired) electrons. The van der Waals surface area contributed by atoms with Crippen molar-refractivity contribution in [3.05, 3.63) is 245 Å². The van der Waals surface area contributed by atoms with Crippen molar-refractivity contribution in [3.63, 3.8) is 0 Å². The van der Waals surface area contributed by atoms with E-state index < -0.39 is 0 Å². The van der Waals surface area contributed by atoms with Gasteiger partial charge in [0.15, 0.2) is 0 Å². The average Bonchev–Trinajstić information content (AvgIpc) is 3.54. The second-order valence-electron chi connectivity index (χ2n) is 14.0. The summed E-state index contributed by atoms with van der Waals surface area (Å²) in [7, 11) is 0. The summed E-state index contributed by atoms with van der Waals surface area (Å²) in [6.45, 7) is 14.4. The van der Waals surface area contributed by atoms with Crippen molar-refractivity contribution in [2.45, 2.75) is 40.5 Å². The minimum atomic E-state index is 0.258. The van der Waals surface area contributed by atoms with Crippen LogP contribution in [0.25, 0.3) is 39.0 Å². The lowest BCUT2D eigenvalue weighted by Gasteiger charge is -2.16. The Balaban J connectivity index is 0.000000195. The fourth-order valence-corrected chi connectivity index (χ4v) is 7.03. The first-order valence-corrected chi connectivity index (χ1v) is 18.9. The van der Waals surface area contributed by atoms with Crippen LogP contribution in [0.3, 0.4) is 0 Å². The highest BCUT2D eigenvalue weighted by Gasteiger charge is 2.30. The summed E-state index contributed by atoms with van der Waals surface area (Å²) in [6.07, 6.45) is 8.00. The van der Waals surface area contributed by atoms with Crippen LogP contribution in [0, 0.1) is 27.7 Å². The molecule has 1 atom stereocenters. The zero-order valence-electron chi connectivity index (χ0n) is 32.3. The van der Waals surface area contributed by atoms with Crippen LogP contribution in [0.4, 0.5) is 0 Å². The monoisotopic (exact) mass is 698 g/mol. The molecule has 0 saturated carbocycles. The molecule has 0 spiro atoms. The molecule has 0 heterocycles. The molecule has 0 fully saturated rings. The second kappa shape index (κ2) is 18.0. The zero-order valence-corrected chi connectivity index (χ0v) is 32.3. The van der Waals surface area contributed by atoms with Gasteiger partial charge in [-0.1, -0.05) is 206 Å². The van der Waals surface area contributed by atoms with Gasteiger partial charge in [-0.05, 0) is 113 Å². The lowest BCUT2D eigenvalue weighted by molar-refractivity contribution is 1.02. The van der Waals surface area contributed by atoms with E-state index in [1.807, 2.05) is 43.4 Å². The molecule has 1 aliphatic carbocycles. The van der Waals surface area contributed by atoms with Gasteiger partial charge in [0, 0.05) is 5.92 Å². The van der Waals surface area contributed by atoms with Crippen LogP contribution in [0.15, 0.2) is 201 Å². The predicted molar refractivity (Wildman–Crippen MR) is 235 cm³/mol. The van der Waals surface area contributed by atoms with Crippen LogP contribution in [0.1, 0.15) is 57.3 Å². The highest BCUT2D eigenvalue weighted by atomic mass is 14.3. The van der Waals surface area contributed by atoms with E-state index in [1.165, 1.54) is 77.9 Å². The lowest BCUT2D eigenvalue weighted by Crippen LogP contribution is -1.99. The van der Waals surface area contributed by atoms with Gasteiger partial charge in [-0.2, -0.15) is 0 Å². The van der Waals surface area contributed by atoms with Crippen molar-refractivity contribution >= 4 is 5.57 Å². The summed E-state index contributed by atoms with van der Waals surface area (Å²) in [5.41, 5.74) is 19.6. The molecule has 1 unspecified atom stereocenters. The predicted octanol–water partition coefficient (Wildman–Crippen LogP) is 14.9. The van der Waals surface area contributed by atoms with Crippen LogP contribution in [0.5, 0.6) is 0 Å². The number of allylic oxidation sites excluding steroid dienone is 5. The number of aryl methyl sites for hydroxylation is 4. The minimum Gasteiger partial charge on any atom is -0.0984 e. The van der Waals surface area contributed by atoms with Gasteiger partial charge in [0.05, 0.1) is 0 Å². The van der Waals surface area contributed by atoms with E-state index in [4.69, 9.17) is 0 Å². The highest BCUT2D eigenvalue weighted by molar-refractivity contribution is 5.85. The summed E-state index contributed by atoms with van der Waals surface area (Å²) in [6, 6.07) is 61.1. The van der Waals surface area contributed by atoms with Crippen molar-refractivity contribution in [3.8, 4) is 33.4 Å². The first kappa shape index (κ1) is 37.5. The molecule has 8 rings (SSSR count). The third kappa shape index (κ3) is 9.03. The lowest BCUT2D eigenvalue weighted by atomic mass is 9.87. The first-order valence-electron chi connectivity index (χ1n) is 18.9. The Bertz CT molecular complexity index is 2390. The van der Waals surface area contributed by atoms with Gasteiger partial charge >= 0.3 is 0 Å². The minimum absolute atomic E-state index is 0.258. The van der Waals surface area contributed by atoms with E-state index in [0.717, 1.165) is 5.57 Å². The van der Waals surface area contributed by atoms with Gasteiger partial charge in [0.25, 0.3) is 0 Å². The molecule has 0 heteroatoms. The molecule has 0 saturated heterocycles. The molecule has 266 valence electrons. The number of rotatable bonds is 6. The van der Waals surface area contributed by atoms with E-state index >= 15 is 0 Å². The second-order valence-corrected chi connectivity index (χ2v) is 14.0. The highest BCUT2D eigenvalue weighted by Crippen LogP contribution is 2.49. The van der Waals surface area contributed by atoms with E-state index in [9.17, 15) is 0 Å². The Kier molecular flexibility index (Phi) is 12.5. The molecule has 54 heavy (non-hydrogen) atoms. The molecule has 0 aliphatic heterocycles. The van der Waals surface area contributed by atoms with E-state index in [2.05, 4.69) is 192 Å². The Morgan fingerprint density at radius 2 is 1.09 bits per heavy atom. The molecule has 0 bridgehead atoms. The van der Waals surface area contributed by atoms with Gasteiger partial charge in [0.2, 0.25) is 0 Å². The van der Waals surface area contributed by atoms with E-state index in [1.54, 1.807) is 0 Å². The summed E-state index contributed by atoms with van der Waals surface area (Å²) >= 11 is 0. The third-order valence-electron chi connectivity index (χ3n) is 10.1. The Hall–Kier alpha value is -6.24. The number of hydrogen-bond acceptors (Lipinski definition) is 0. The third-order valence-corrected chi connectivity index (χ3v) is 10.1. The maximum Gasteiger partial charge on any atom is 0.0352 e. The van der Waals surface area contributed by atoms with E-state index in [0.29, 0.717) is 0 Å². The van der Waals surface area contributed by atoms with Crippen LogP contribution in [-0.4, -0.2) is 0 Å². The SMILES string of the molecule is C=C/C(=C\C=C/C)c1cccc(C)c1.Cc1ccc(-c2ccc3c(c2)-c2ccccc2C3c2cccc(-c3ccccc3)c2)cc1C.Cc1ccccc1. The van der Waals surface area contributed by atoms with Crippen LogP contribution >= 0.6 is 0 Å². The maximum atomic E-state index is 3.82. The van der Waals surface area contributed by atoms with Crippen molar-refractivity contribution in [2.24, 2.45) is 0 Å². The molecule has 0 N–H and O–H groups in total. The maximum absolute atomic E-state index is 3.82. The van der Waals surface area contributed by atoms with Gasteiger partial charge in [-0.15, -0.1) is 0 Å². The smallest absolute Gasteiger partial charge is 0.0352 e. The number of fused-ring (bicyclic) bond motifs is 3. The Morgan fingerprint density at radius 1 is 0.481 bits per heavy atom. The Labute approximate surface area is 323 Å². The van der Waals surface area contributed by atoms with Crippen molar-refractivity contribution in [1.29, 1.82) is 0 Å². The summed E-state index contributed by atoms with van der Waals surface area (Å²) in [5.74, 6) is 0.258. The van der Waals surface area contributed by atoms with Crippen LogP contribution < -0.4 is 0 Å². The summed E-state index contributed by atoms with van der Waals surface area (Å²) in [5, 5.41) is 0. The average molecular weight is 699 g/mol. The quantitative estimate of drug-likeness (QED) is 0.152. The number of hydrogen-bond donors (Lipinski definition) is 0. The zero-order chi connectivity index (χ0) is 37.9. The molecular weight excluding hydrogens is 649 g/mol. The van der Waals surface area contributed by atoms with Gasteiger partial charge < -0.3 is 0 Å². The topological polar surface area (TPSA) is 0 Å². The molecule has 7 aromatic rings. The molecule has 0 nitrogen and oxygen atoms in total. The largest absolute Gasteiger partial charge is 0.0984 e. The van der Waals surface area contributed by atoms with Crippen LogP contribution in [-0.2, 0) is 0 Å². The van der Waals surface area contributed by atoms with Crippen molar-refractivity contribution in [1.82, 2.24) is 0 Å².